The number of thiol groups is 1. The molecule has 0 radical (unpaired) electrons. The van der Waals surface area contributed by atoms with Gasteiger partial charge in [-0.25, -0.2) is 9.59 Å². The maximum Gasteiger partial charge on any atom is 0.408 e. The molecule has 3 atom stereocenters. The number of esters is 1. The molecule has 47 heavy (non-hydrogen) atoms. The Bertz CT molecular complexity index is 1260. The van der Waals surface area contributed by atoms with Gasteiger partial charge in [-0.2, -0.15) is 12.6 Å². The van der Waals surface area contributed by atoms with Gasteiger partial charge in [-0.15, -0.1) is 0 Å². The molecule has 2 aromatic carbocycles. The fourth-order valence-electron chi connectivity index (χ4n) is 5.04. The van der Waals surface area contributed by atoms with Gasteiger partial charge in [0.1, 0.15) is 29.3 Å². The summed E-state index contributed by atoms with van der Waals surface area (Å²) >= 11 is 4.39. The Kier molecular flexibility index (Phi) is 16.3. The molecule has 3 amide bonds. The average molecular weight is 670 g/mol. The van der Waals surface area contributed by atoms with Gasteiger partial charge in [-0.3, -0.25) is 9.59 Å². The molecule has 0 spiro atoms. The van der Waals surface area contributed by atoms with Crippen LogP contribution in [0.15, 0.2) is 60.7 Å². The molecule has 0 fully saturated rings. The molecule has 0 aromatic heterocycles. The Labute approximate surface area is 286 Å². The summed E-state index contributed by atoms with van der Waals surface area (Å²) in [7, 11) is 0. The predicted molar refractivity (Wildman–Crippen MR) is 189 cm³/mol. The quantitative estimate of drug-likeness (QED) is 0.0969. The van der Waals surface area contributed by atoms with Gasteiger partial charge in [0.2, 0.25) is 11.8 Å². The highest BCUT2D eigenvalue weighted by Gasteiger charge is 2.38. The lowest BCUT2D eigenvalue weighted by Gasteiger charge is -2.35. The van der Waals surface area contributed by atoms with Crippen LogP contribution in [0.1, 0.15) is 104 Å². The van der Waals surface area contributed by atoms with Crippen LogP contribution in [0.5, 0.6) is 0 Å². The van der Waals surface area contributed by atoms with Crippen LogP contribution in [0, 0.1) is 0 Å². The van der Waals surface area contributed by atoms with Gasteiger partial charge in [0.15, 0.2) is 0 Å². The van der Waals surface area contributed by atoms with E-state index >= 15 is 0 Å². The lowest BCUT2D eigenvalue weighted by molar-refractivity contribution is -0.159. The lowest BCUT2D eigenvalue weighted by atomic mass is 10.00. The minimum atomic E-state index is -1.09. The van der Waals surface area contributed by atoms with Crippen LogP contribution >= 0.6 is 12.6 Å². The maximum atomic E-state index is 14.4. The van der Waals surface area contributed by atoms with Crippen molar-refractivity contribution in [2.24, 2.45) is 0 Å². The second kappa shape index (κ2) is 19.3. The minimum Gasteiger partial charge on any atom is -0.458 e. The fraction of sp³-hybridized carbons (Fsp3) is 0.568. The zero-order valence-corrected chi connectivity index (χ0v) is 30.1. The molecule has 3 unspecified atom stereocenters. The Balaban J connectivity index is 2.51. The lowest BCUT2D eigenvalue weighted by Crippen LogP contribution is -2.55. The van der Waals surface area contributed by atoms with E-state index in [1.165, 1.54) is 4.90 Å². The molecule has 0 aliphatic rings. The third kappa shape index (κ3) is 14.8. The van der Waals surface area contributed by atoms with Crippen molar-refractivity contribution in [1.82, 2.24) is 15.5 Å². The fourth-order valence-corrected chi connectivity index (χ4v) is 5.29. The van der Waals surface area contributed by atoms with Crippen LogP contribution in [0.3, 0.4) is 0 Å². The third-order valence-electron chi connectivity index (χ3n) is 7.17. The van der Waals surface area contributed by atoms with E-state index in [4.69, 9.17) is 9.47 Å². The molecule has 10 heteroatoms. The summed E-state index contributed by atoms with van der Waals surface area (Å²) in [6.45, 7) is 12.9. The molecule has 2 N–H and O–H groups in total. The molecule has 0 bridgehead atoms. The second-order valence-electron chi connectivity index (χ2n) is 13.8. The van der Waals surface area contributed by atoms with Crippen molar-refractivity contribution in [1.29, 1.82) is 0 Å². The van der Waals surface area contributed by atoms with Crippen LogP contribution in [0.2, 0.25) is 0 Å². The van der Waals surface area contributed by atoms with E-state index in [9.17, 15) is 19.2 Å². The Morgan fingerprint density at radius 3 is 1.85 bits per heavy atom. The smallest absolute Gasteiger partial charge is 0.408 e. The van der Waals surface area contributed by atoms with E-state index < -0.39 is 53.2 Å². The number of nitrogens with one attached hydrogen (secondary N) is 2. The monoisotopic (exact) mass is 669 g/mol. The van der Waals surface area contributed by atoms with E-state index in [1.807, 2.05) is 36.4 Å². The highest BCUT2D eigenvalue weighted by Crippen LogP contribution is 2.25. The summed E-state index contributed by atoms with van der Waals surface area (Å²) in [5, 5.41) is 5.58. The number of amides is 3. The second-order valence-corrected chi connectivity index (χ2v) is 14.1. The summed E-state index contributed by atoms with van der Waals surface area (Å²) in [6, 6.07) is 15.2. The van der Waals surface area contributed by atoms with E-state index in [1.54, 1.807) is 65.8 Å². The topological polar surface area (TPSA) is 114 Å². The van der Waals surface area contributed by atoms with E-state index in [0.717, 1.165) is 37.7 Å². The third-order valence-corrected chi connectivity index (χ3v) is 7.54. The standard InChI is InChI=1S/C37H55N3O6S/c1-8-9-10-11-12-19-24-40(33(42)30(26-47)39-35(44)46-37(5,6)7)31(28-22-17-14-18-23-28)32(41)38-29(34(43)45-36(2,3)4)25-27-20-15-13-16-21-27/h13-18,20-23,29-31,47H,8-12,19,24-26H2,1-7H3,(H,38,41)(H,39,44). The summed E-state index contributed by atoms with van der Waals surface area (Å²) in [6.07, 6.45) is 5.30. The zero-order valence-electron chi connectivity index (χ0n) is 29.2. The van der Waals surface area contributed by atoms with Gasteiger partial charge in [0.05, 0.1) is 0 Å². The largest absolute Gasteiger partial charge is 0.458 e. The van der Waals surface area contributed by atoms with Crippen LogP contribution in [0.4, 0.5) is 4.79 Å². The molecule has 0 saturated heterocycles. The number of rotatable bonds is 17. The number of carbonyl (C=O) groups excluding carboxylic acids is 4. The zero-order chi connectivity index (χ0) is 35.0. The van der Waals surface area contributed by atoms with Crippen LogP contribution in [-0.4, -0.2) is 64.4 Å². The Morgan fingerprint density at radius 1 is 0.745 bits per heavy atom. The Hall–Kier alpha value is -3.53. The first-order chi connectivity index (χ1) is 22.1. The normalized spacial score (nSPS) is 13.5. The van der Waals surface area contributed by atoms with Crippen molar-refractivity contribution in [3.05, 3.63) is 71.8 Å². The van der Waals surface area contributed by atoms with Gasteiger partial charge >= 0.3 is 12.1 Å². The number of alkyl carbamates (subject to hydrolysis) is 1. The highest BCUT2D eigenvalue weighted by atomic mass is 32.1. The summed E-state index contributed by atoms with van der Waals surface area (Å²) in [5.74, 6) is -1.59. The van der Waals surface area contributed by atoms with Gasteiger partial charge in [0, 0.05) is 18.7 Å². The van der Waals surface area contributed by atoms with Crippen molar-refractivity contribution in [3.8, 4) is 0 Å². The molecule has 0 aliphatic heterocycles. The van der Waals surface area contributed by atoms with Crippen LogP contribution in [-0.2, 0) is 30.3 Å². The van der Waals surface area contributed by atoms with E-state index in [0.29, 0.717) is 12.0 Å². The van der Waals surface area contributed by atoms with Crippen molar-refractivity contribution in [3.63, 3.8) is 0 Å². The number of nitrogens with zero attached hydrogens (tertiary/aromatic N) is 1. The first-order valence-electron chi connectivity index (χ1n) is 16.7. The number of hydrogen-bond acceptors (Lipinski definition) is 7. The first kappa shape index (κ1) is 39.6. The highest BCUT2D eigenvalue weighted by molar-refractivity contribution is 7.80. The van der Waals surface area contributed by atoms with Crippen LogP contribution in [0.25, 0.3) is 0 Å². The first-order valence-corrected chi connectivity index (χ1v) is 17.3. The van der Waals surface area contributed by atoms with Crippen molar-refractivity contribution < 1.29 is 28.7 Å². The van der Waals surface area contributed by atoms with E-state index in [-0.39, 0.29) is 18.7 Å². The molecular weight excluding hydrogens is 614 g/mol. The SMILES string of the molecule is CCCCCCCCN(C(=O)C(CS)NC(=O)OC(C)(C)C)C(C(=O)NC(Cc1ccccc1)C(=O)OC(C)(C)C)c1ccccc1. The number of hydrogen-bond donors (Lipinski definition) is 3. The molecule has 0 aliphatic carbocycles. The number of carbonyl (C=O) groups is 4. The van der Waals surface area contributed by atoms with Crippen molar-refractivity contribution in [2.45, 2.75) is 123 Å². The molecule has 9 nitrogen and oxygen atoms in total. The van der Waals surface area contributed by atoms with Gasteiger partial charge < -0.3 is 25.0 Å². The molecule has 0 saturated carbocycles. The van der Waals surface area contributed by atoms with Crippen molar-refractivity contribution >= 4 is 36.5 Å². The molecule has 2 rings (SSSR count). The molecule has 260 valence electrons. The number of benzene rings is 2. The number of unbranched alkanes of at least 4 members (excludes halogenated alkanes) is 5. The van der Waals surface area contributed by atoms with Gasteiger partial charge in [-0.05, 0) is 59.1 Å². The van der Waals surface area contributed by atoms with E-state index in [2.05, 4.69) is 30.2 Å². The molecule has 0 heterocycles. The predicted octanol–water partition coefficient (Wildman–Crippen LogP) is 6.81. The molecule has 2 aromatic rings. The average Bonchev–Trinajstić information content (AvgIpc) is 2.99. The van der Waals surface area contributed by atoms with Gasteiger partial charge in [-0.1, -0.05) is 99.7 Å². The van der Waals surface area contributed by atoms with Crippen molar-refractivity contribution in [2.75, 3.05) is 12.3 Å². The molecular formula is C37H55N3O6S. The summed E-state index contributed by atoms with van der Waals surface area (Å²) < 4.78 is 11.1. The summed E-state index contributed by atoms with van der Waals surface area (Å²) in [5.41, 5.74) is -0.129. The maximum absolute atomic E-state index is 14.4. The van der Waals surface area contributed by atoms with Gasteiger partial charge in [0.25, 0.3) is 0 Å². The van der Waals surface area contributed by atoms with Crippen LogP contribution < -0.4 is 10.6 Å². The summed E-state index contributed by atoms with van der Waals surface area (Å²) in [4.78, 5) is 56.4. The minimum absolute atomic E-state index is 0.0112. The number of ether oxygens (including phenoxy) is 2. The Morgan fingerprint density at radius 2 is 1.30 bits per heavy atom.